The number of hydrogen-bond donors (Lipinski definition) is 0. The Kier molecular flexibility index (Phi) is 16.4. The Balaban J connectivity index is 0.000000841. The molecule has 2 rings (SSSR count). The monoisotopic (exact) mass is 396 g/mol. The summed E-state index contributed by atoms with van der Waals surface area (Å²) in [5.74, 6) is 1.62. The largest absolute Gasteiger partial charge is 0.0877 e. The van der Waals surface area contributed by atoms with Gasteiger partial charge in [-0.1, -0.05) is 110 Å². The number of fused-ring (bicyclic) bond motifs is 1. The van der Waals surface area contributed by atoms with Gasteiger partial charge in [0.05, 0.1) is 0 Å². The lowest BCUT2D eigenvalue weighted by atomic mass is 9.91. The quantitative estimate of drug-likeness (QED) is 0.303. The lowest BCUT2D eigenvalue weighted by Gasteiger charge is -2.13. The summed E-state index contributed by atoms with van der Waals surface area (Å²) in [5, 5.41) is 0. The van der Waals surface area contributed by atoms with Gasteiger partial charge >= 0.3 is 0 Å². The Bertz CT molecular complexity index is 613. The molecule has 1 unspecified atom stereocenters. The summed E-state index contributed by atoms with van der Waals surface area (Å²) in [6.45, 7) is 17.4. The first-order valence-corrected chi connectivity index (χ1v) is 12.1. The standard InChI is InChI=1S/C21H28.C6H14.C2H6/c1-4-6-7-8-9-10-11-12-20-18(5-2)15-16-19-14-13-17(3)21(19)20;1-4-5-6(2)3;1-2/h4,6-8,11-12,15-17H,5,9-10,13-14H2,1-3H3;6H,4-5H2,1-3H3;1-2H3/b6-4-,8-7-,12-11-;;. The minimum absolute atomic E-state index is 0.723. The van der Waals surface area contributed by atoms with Crippen molar-refractivity contribution in [3.63, 3.8) is 0 Å². The summed E-state index contributed by atoms with van der Waals surface area (Å²) >= 11 is 0. The van der Waals surface area contributed by atoms with Crippen LogP contribution in [0, 0.1) is 5.92 Å². The Morgan fingerprint density at radius 2 is 1.72 bits per heavy atom. The Labute approximate surface area is 183 Å². The summed E-state index contributed by atoms with van der Waals surface area (Å²) in [6, 6.07) is 4.69. The van der Waals surface area contributed by atoms with Crippen LogP contribution in [0.5, 0.6) is 0 Å². The van der Waals surface area contributed by atoms with Crippen LogP contribution in [-0.4, -0.2) is 0 Å². The number of benzene rings is 1. The van der Waals surface area contributed by atoms with Crippen molar-refractivity contribution in [2.75, 3.05) is 0 Å². The van der Waals surface area contributed by atoms with E-state index < -0.39 is 0 Å². The van der Waals surface area contributed by atoms with E-state index in [0.29, 0.717) is 0 Å². The van der Waals surface area contributed by atoms with E-state index in [0.717, 1.165) is 31.1 Å². The number of aryl methyl sites for hydroxylation is 2. The Morgan fingerprint density at radius 3 is 2.28 bits per heavy atom. The molecular weight excluding hydrogens is 348 g/mol. The molecule has 0 nitrogen and oxygen atoms in total. The normalized spacial score (nSPS) is 15.6. The first-order chi connectivity index (χ1) is 14.0. The van der Waals surface area contributed by atoms with Crippen molar-refractivity contribution < 1.29 is 0 Å². The Morgan fingerprint density at radius 1 is 1.03 bits per heavy atom. The molecule has 1 aromatic rings. The van der Waals surface area contributed by atoms with Crippen molar-refractivity contribution in [3.8, 4) is 0 Å². The fourth-order valence-corrected chi connectivity index (χ4v) is 3.80. The zero-order valence-electron chi connectivity index (χ0n) is 20.7. The molecule has 0 aliphatic heterocycles. The van der Waals surface area contributed by atoms with Crippen molar-refractivity contribution in [2.24, 2.45) is 5.92 Å². The van der Waals surface area contributed by atoms with Crippen LogP contribution in [0.25, 0.3) is 6.08 Å². The molecule has 0 N–H and O–H groups in total. The van der Waals surface area contributed by atoms with Crippen LogP contribution in [0.1, 0.15) is 116 Å². The average Bonchev–Trinajstić information content (AvgIpc) is 3.10. The molecule has 0 saturated heterocycles. The third kappa shape index (κ3) is 10.7. The van der Waals surface area contributed by atoms with Gasteiger partial charge in [0.2, 0.25) is 0 Å². The highest BCUT2D eigenvalue weighted by Gasteiger charge is 2.22. The van der Waals surface area contributed by atoms with Crippen molar-refractivity contribution in [2.45, 2.75) is 106 Å². The van der Waals surface area contributed by atoms with Crippen LogP contribution in [0.15, 0.2) is 42.5 Å². The molecule has 1 atom stereocenters. The van der Waals surface area contributed by atoms with Gasteiger partial charge in [-0.2, -0.15) is 0 Å². The second kappa shape index (κ2) is 17.3. The van der Waals surface area contributed by atoms with E-state index in [1.54, 1.807) is 11.1 Å². The van der Waals surface area contributed by atoms with Crippen molar-refractivity contribution >= 4 is 6.08 Å². The van der Waals surface area contributed by atoms with Crippen LogP contribution in [0.3, 0.4) is 0 Å². The predicted octanol–water partition coefficient (Wildman–Crippen LogP) is 9.69. The molecule has 164 valence electrons. The highest BCUT2D eigenvalue weighted by Crippen LogP contribution is 2.37. The smallest absolute Gasteiger partial charge is 0.0178 e. The highest BCUT2D eigenvalue weighted by atomic mass is 14.3. The van der Waals surface area contributed by atoms with Gasteiger partial charge in [0.25, 0.3) is 0 Å². The third-order valence-electron chi connectivity index (χ3n) is 5.28. The molecule has 1 aliphatic rings. The van der Waals surface area contributed by atoms with Gasteiger partial charge in [-0.15, -0.1) is 0 Å². The van der Waals surface area contributed by atoms with E-state index in [1.807, 2.05) is 20.8 Å². The second-order valence-corrected chi connectivity index (χ2v) is 8.12. The number of rotatable bonds is 8. The number of allylic oxidation sites excluding steroid dienone is 5. The molecule has 0 heteroatoms. The van der Waals surface area contributed by atoms with Crippen molar-refractivity contribution in [1.82, 2.24) is 0 Å². The van der Waals surface area contributed by atoms with Crippen LogP contribution in [0.2, 0.25) is 0 Å². The lowest BCUT2D eigenvalue weighted by molar-refractivity contribution is 0.576. The molecule has 0 fully saturated rings. The Hall–Kier alpha value is -1.56. The molecule has 0 aromatic heterocycles. The fourth-order valence-electron chi connectivity index (χ4n) is 3.80. The number of hydrogen-bond acceptors (Lipinski definition) is 0. The summed E-state index contributed by atoms with van der Waals surface area (Å²) < 4.78 is 0. The molecule has 1 aliphatic carbocycles. The minimum atomic E-state index is 0.723. The van der Waals surface area contributed by atoms with Crippen LogP contribution in [0.4, 0.5) is 0 Å². The van der Waals surface area contributed by atoms with Gasteiger partial charge in [-0.05, 0) is 73.1 Å². The topological polar surface area (TPSA) is 0 Å². The van der Waals surface area contributed by atoms with E-state index in [9.17, 15) is 0 Å². The van der Waals surface area contributed by atoms with E-state index in [-0.39, 0.29) is 0 Å². The third-order valence-corrected chi connectivity index (χ3v) is 5.28. The zero-order chi connectivity index (χ0) is 22.1. The van der Waals surface area contributed by atoms with E-state index in [1.165, 1.54) is 36.8 Å². The zero-order valence-corrected chi connectivity index (χ0v) is 20.7. The predicted molar refractivity (Wildman–Crippen MR) is 136 cm³/mol. The molecule has 1 aromatic carbocycles. The fraction of sp³-hybridized carbons (Fsp3) is 0.586. The molecule has 29 heavy (non-hydrogen) atoms. The first kappa shape index (κ1) is 27.4. The van der Waals surface area contributed by atoms with Gasteiger partial charge < -0.3 is 0 Å². The van der Waals surface area contributed by atoms with Crippen LogP contribution < -0.4 is 0 Å². The molecular formula is C29H48. The second-order valence-electron chi connectivity index (χ2n) is 8.12. The van der Waals surface area contributed by atoms with Gasteiger partial charge in [-0.3, -0.25) is 0 Å². The summed E-state index contributed by atoms with van der Waals surface area (Å²) in [5.41, 5.74) is 6.21. The molecule has 0 amide bonds. The lowest BCUT2D eigenvalue weighted by Crippen LogP contribution is -1.97. The summed E-state index contributed by atoms with van der Waals surface area (Å²) in [6.07, 6.45) is 21.9. The molecule has 0 heterocycles. The summed E-state index contributed by atoms with van der Waals surface area (Å²) in [7, 11) is 0. The maximum Gasteiger partial charge on any atom is -0.0178 e. The minimum Gasteiger partial charge on any atom is -0.0877 e. The molecule has 0 spiro atoms. The summed E-state index contributed by atoms with van der Waals surface area (Å²) in [4.78, 5) is 0. The highest BCUT2D eigenvalue weighted by molar-refractivity contribution is 5.62. The number of unbranched alkanes of at least 4 members (excludes halogenated alkanes) is 1. The molecule has 0 radical (unpaired) electrons. The molecule has 0 saturated carbocycles. The van der Waals surface area contributed by atoms with Crippen LogP contribution >= 0.6 is 0 Å². The van der Waals surface area contributed by atoms with E-state index in [4.69, 9.17) is 0 Å². The van der Waals surface area contributed by atoms with Crippen molar-refractivity contribution in [1.29, 1.82) is 0 Å². The van der Waals surface area contributed by atoms with Gasteiger partial charge in [0.1, 0.15) is 0 Å². The van der Waals surface area contributed by atoms with E-state index >= 15 is 0 Å². The maximum atomic E-state index is 2.38. The maximum absolute atomic E-state index is 2.38. The van der Waals surface area contributed by atoms with Crippen LogP contribution in [-0.2, 0) is 12.8 Å². The average molecular weight is 397 g/mol. The van der Waals surface area contributed by atoms with Gasteiger partial charge in [0, 0.05) is 0 Å². The van der Waals surface area contributed by atoms with E-state index in [2.05, 4.69) is 83.2 Å². The van der Waals surface area contributed by atoms with Crippen molar-refractivity contribution in [3.05, 3.63) is 64.8 Å². The van der Waals surface area contributed by atoms with Gasteiger partial charge in [-0.25, -0.2) is 0 Å². The van der Waals surface area contributed by atoms with Gasteiger partial charge in [0.15, 0.2) is 0 Å². The SMILES string of the molecule is C/C=C\C=C/CC/C=C\c1c(CC)ccc2c1C(C)CC2.CC.CCCC(C)C. The molecule has 0 bridgehead atoms. The first-order valence-electron chi connectivity index (χ1n) is 12.1.